The molecule has 4 aromatic carbocycles. The largest absolute Gasteiger partial charge is 0.344 e. The predicted molar refractivity (Wildman–Crippen MR) is 313 cm³/mol. The van der Waals surface area contributed by atoms with Crippen LogP contribution in [0.1, 0.15) is 144 Å². The molecule has 3 N–H and O–H groups in total. The van der Waals surface area contributed by atoms with Crippen LogP contribution in [0.15, 0.2) is 109 Å². The molecule has 6 amide bonds. The van der Waals surface area contributed by atoms with Crippen LogP contribution in [0.4, 0.5) is 0 Å². The fourth-order valence-electron chi connectivity index (χ4n) is 12.7. The molecule has 2 aliphatic heterocycles. The highest BCUT2D eigenvalue weighted by molar-refractivity contribution is 5.96. The summed E-state index contributed by atoms with van der Waals surface area (Å²) in [5.41, 5.74) is 5.17. The van der Waals surface area contributed by atoms with Crippen LogP contribution < -0.4 is 16.0 Å². The van der Waals surface area contributed by atoms with Crippen LogP contribution in [0, 0.1) is 29.6 Å². The molecule has 13 nitrogen and oxygen atoms in total. The fourth-order valence-corrected chi connectivity index (χ4v) is 12.7. The number of hydrogen-bond acceptors (Lipinski definition) is 7. The van der Waals surface area contributed by atoms with Gasteiger partial charge in [0.25, 0.3) is 11.8 Å². The number of amides is 6. The number of likely N-dealkylation sites (tertiary alicyclic amines) is 2. The van der Waals surface area contributed by atoms with Crippen molar-refractivity contribution in [1.82, 2.24) is 35.6 Å². The van der Waals surface area contributed by atoms with Gasteiger partial charge in [-0.25, -0.2) is 0 Å². The van der Waals surface area contributed by atoms with Gasteiger partial charge in [-0.1, -0.05) is 151 Å². The van der Waals surface area contributed by atoms with Gasteiger partial charge in [-0.2, -0.15) is 0 Å². The van der Waals surface area contributed by atoms with Gasteiger partial charge in [-0.3, -0.25) is 28.8 Å². The molecular weight excluding hydrogens is 987 g/mol. The number of carbonyl (C=O) groups is 6. The summed E-state index contributed by atoms with van der Waals surface area (Å²) < 4.78 is 0. The Labute approximate surface area is 471 Å². The first-order valence-corrected chi connectivity index (χ1v) is 30.0. The predicted octanol–water partition coefficient (Wildman–Crippen LogP) is 9.59. The third-order valence-corrected chi connectivity index (χ3v) is 18.1. The Balaban J connectivity index is 0.989. The van der Waals surface area contributed by atoms with Gasteiger partial charge in [0.05, 0.1) is 18.1 Å². The molecule has 0 unspecified atom stereocenters. The van der Waals surface area contributed by atoms with E-state index in [2.05, 4.69) is 54.1 Å². The molecule has 2 saturated heterocycles. The number of nitrogens with zero attached hydrogens (tertiary/aromatic N) is 4. The van der Waals surface area contributed by atoms with Crippen LogP contribution in [0.3, 0.4) is 0 Å². The summed E-state index contributed by atoms with van der Waals surface area (Å²) in [6.45, 7) is 12.8. The average Bonchev–Trinajstić information content (AvgIpc) is 4.16. The van der Waals surface area contributed by atoms with Gasteiger partial charge in [0.1, 0.15) is 12.1 Å². The minimum atomic E-state index is -0.609. The van der Waals surface area contributed by atoms with Gasteiger partial charge in [-0.05, 0) is 136 Å². The molecule has 0 radical (unpaired) electrons. The van der Waals surface area contributed by atoms with E-state index in [1.54, 1.807) is 7.05 Å². The number of likely N-dealkylation sites (N-methyl/N-ethyl adjacent to an activating group) is 1. The molecule has 0 spiro atoms. The smallest absolute Gasteiger partial charge is 0.253 e. The van der Waals surface area contributed by atoms with E-state index in [1.165, 1.54) is 0 Å². The quantitative estimate of drug-likeness (QED) is 0.0710. The Bertz CT molecular complexity index is 2630. The topological polar surface area (TPSA) is 151 Å². The van der Waals surface area contributed by atoms with Crippen LogP contribution in [-0.2, 0) is 32.0 Å². The molecule has 0 aromatic heterocycles. The Kier molecular flexibility index (Phi) is 21.0. The zero-order valence-electron chi connectivity index (χ0n) is 48.0. The summed E-state index contributed by atoms with van der Waals surface area (Å²) in [5.74, 6) is -0.287. The highest BCUT2D eigenvalue weighted by Crippen LogP contribution is 2.34. The standard InChI is InChI=1S/C66H89N7O6/c1-45(2)61(74)68-59(53-23-15-9-16-24-53)65(78)72-41-35-46(3)57(72)43-70(39-37-49-19-11-7-12-20-49)63(76)55-31-27-51(28-32-55)52-29-33-56(34-30-52)64(77)71(40-38-50-21-13-8-14-22-50)44-58-47(4)36-42-73(58)66(79)60(54-25-17-10-18-26-54)69-62(75)48(5)67-6/h7-8,11-14,19-22,27-34,45-48,53-54,57-60,67H,9-10,15-18,23-26,35-44H2,1-6H3,(H,68,74)(H,69,75)/t46-,47-,48-,57+,58+,59-,60-/m0/s1. The maximum atomic E-state index is 14.8. The van der Waals surface area contributed by atoms with E-state index in [1.807, 2.05) is 125 Å². The molecule has 2 saturated carbocycles. The first-order valence-electron chi connectivity index (χ1n) is 30.0. The van der Waals surface area contributed by atoms with Gasteiger partial charge in [0, 0.05) is 56.3 Å². The number of hydrogen-bond donors (Lipinski definition) is 3. The number of benzene rings is 4. The number of nitrogens with one attached hydrogen (secondary N) is 3. The van der Waals surface area contributed by atoms with Gasteiger partial charge in [0.15, 0.2) is 0 Å². The molecule has 13 heteroatoms. The van der Waals surface area contributed by atoms with Crippen LogP contribution in [-0.4, -0.2) is 132 Å². The van der Waals surface area contributed by atoms with Crippen molar-refractivity contribution in [1.29, 1.82) is 0 Å². The lowest BCUT2D eigenvalue weighted by Crippen LogP contribution is -2.58. The molecule has 7 atom stereocenters. The second-order valence-corrected chi connectivity index (χ2v) is 23.8. The SMILES string of the molecule is CN[C@@H](C)C(=O)N[C@H](C(=O)N1CC[C@H](C)[C@H]1CN(CCc1ccccc1)C(=O)c1ccc(-c2ccc(C(=O)N(CCc3ccccc3)C[C@@H]3[C@@H](C)CCN3C(=O)[C@@H](NC(=O)C(C)C)C3CCCCC3)cc2)cc1)C1CCCCC1. The second-order valence-electron chi connectivity index (χ2n) is 23.8. The van der Waals surface area contributed by atoms with Crippen molar-refractivity contribution in [3.05, 3.63) is 131 Å². The molecular formula is C66H89N7O6. The average molecular weight is 1080 g/mol. The van der Waals surface area contributed by atoms with Crippen molar-refractivity contribution in [2.24, 2.45) is 29.6 Å². The van der Waals surface area contributed by atoms with E-state index in [9.17, 15) is 28.8 Å². The van der Waals surface area contributed by atoms with Gasteiger partial charge in [0.2, 0.25) is 23.6 Å². The Morgan fingerprint density at radius 2 is 0.886 bits per heavy atom. The first-order chi connectivity index (χ1) is 38.2. The third-order valence-electron chi connectivity index (χ3n) is 18.1. The summed E-state index contributed by atoms with van der Waals surface area (Å²) in [6, 6.07) is 33.7. The van der Waals surface area contributed by atoms with Crippen LogP contribution >= 0.6 is 0 Å². The summed E-state index contributed by atoms with van der Waals surface area (Å²) in [7, 11) is 1.75. The van der Waals surface area contributed by atoms with Crippen molar-refractivity contribution < 1.29 is 28.8 Å². The molecule has 4 aliphatic rings. The molecule has 4 aromatic rings. The summed E-state index contributed by atoms with van der Waals surface area (Å²) >= 11 is 0. The van der Waals surface area contributed by atoms with Gasteiger partial charge < -0.3 is 35.6 Å². The highest BCUT2D eigenvalue weighted by Gasteiger charge is 2.44. The maximum Gasteiger partial charge on any atom is 0.253 e. The monoisotopic (exact) mass is 1080 g/mol. The minimum Gasteiger partial charge on any atom is -0.344 e. The first kappa shape index (κ1) is 58.8. The molecule has 0 bridgehead atoms. The van der Waals surface area contributed by atoms with Crippen molar-refractivity contribution in [2.75, 3.05) is 46.3 Å². The van der Waals surface area contributed by atoms with E-state index in [-0.39, 0.29) is 77.1 Å². The van der Waals surface area contributed by atoms with Crippen molar-refractivity contribution in [2.45, 2.75) is 155 Å². The lowest BCUT2D eigenvalue weighted by atomic mass is 9.83. The fraction of sp³-hybridized carbons (Fsp3) is 0.545. The van der Waals surface area contributed by atoms with Crippen LogP contribution in [0.25, 0.3) is 11.1 Å². The van der Waals surface area contributed by atoms with Gasteiger partial charge in [-0.15, -0.1) is 0 Å². The van der Waals surface area contributed by atoms with Crippen LogP contribution in [0.5, 0.6) is 0 Å². The molecule has 4 fully saturated rings. The summed E-state index contributed by atoms with van der Waals surface area (Å²) in [5, 5.41) is 9.37. The Hall–Kier alpha value is -6.34. The Morgan fingerprint density at radius 3 is 1.25 bits per heavy atom. The highest BCUT2D eigenvalue weighted by atomic mass is 16.2. The Morgan fingerprint density at radius 1 is 0.506 bits per heavy atom. The zero-order valence-corrected chi connectivity index (χ0v) is 48.0. The molecule has 79 heavy (non-hydrogen) atoms. The van der Waals surface area contributed by atoms with Crippen molar-refractivity contribution in [3.8, 4) is 11.1 Å². The summed E-state index contributed by atoms with van der Waals surface area (Å²) in [6.07, 6.45) is 13.1. The second kappa shape index (κ2) is 28.2. The van der Waals surface area contributed by atoms with Crippen molar-refractivity contribution in [3.63, 3.8) is 0 Å². The molecule has 2 heterocycles. The maximum absolute atomic E-state index is 14.8. The molecule has 424 valence electrons. The van der Waals surface area contributed by atoms with E-state index < -0.39 is 18.1 Å². The normalized spacial score (nSPS) is 21.1. The zero-order chi connectivity index (χ0) is 56.0. The van der Waals surface area contributed by atoms with Crippen LogP contribution in [0.2, 0.25) is 0 Å². The van der Waals surface area contributed by atoms with E-state index in [0.29, 0.717) is 63.2 Å². The lowest BCUT2D eigenvalue weighted by Gasteiger charge is -2.38. The molecule has 2 aliphatic carbocycles. The van der Waals surface area contributed by atoms with Gasteiger partial charge >= 0.3 is 0 Å². The third kappa shape index (κ3) is 15.1. The van der Waals surface area contributed by atoms with Crippen molar-refractivity contribution >= 4 is 35.4 Å². The number of rotatable bonds is 22. The summed E-state index contributed by atoms with van der Waals surface area (Å²) in [4.78, 5) is 93.3. The van der Waals surface area contributed by atoms with E-state index >= 15 is 0 Å². The van der Waals surface area contributed by atoms with E-state index in [0.717, 1.165) is 99.3 Å². The number of carbonyl (C=O) groups excluding carboxylic acids is 6. The van der Waals surface area contributed by atoms with E-state index in [4.69, 9.17) is 0 Å². The minimum absolute atomic E-state index is 0.0223. The lowest BCUT2D eigenvalue weighted by molar-refractivity contribution is -0.140. The molecule has 8 rings (SSSR count).